The van der Waals surface area contributed by atoms with Crippen LogP contribution >= 0.6 is 0 Å². The summed E-state index contributed by atoms with van der Waals surface area (Å²) in [5.74, 6) is 0.364. The van der Waals surface area contributed by atoms with Crippen molar-refractivity contribution in [2.24, 2.45) is 0 Å². The number of nitrogens with zero attached hydrogens (tertiary/aromatic N) is 1. The highest BCUT2D eigenvalue weighted by molar-refractivity contribution is 7.89. The van der Waals surface area contributed by atoms with E-state index in [4.69, 9.17) is 14.7 Å². The number of hydrogen-bond acceptors (Lipinski definition) is 6. The van der Waals surface area contributed by atoms with Gasteiger partial charge < -0.3 is 14.8 Å². The first-order valence-electron chi connectivity index (χ1n) is 7.80. The second-order valence-corrected chi connectivity index (χ2v) is 7.53. The van der Waals surface area contributed by atoms with E-state index in [0.29, 0.717) is 24.3 Å². The molecular weight excluding hydrogens is 346 g/mol. The first kappa shape index (κ1) is 19.0. The third kappa shape index (κ3) is 4.41. The van der Waals surface area contributed by atoms with Crippen molar-refractivity contribution in [1.29, 1.82) is 5.26 Å². The summed E-state index contributed by atoms with van der Waals surface area (Å²) in [7, 11) is -0.913. The summed E-state index contributed by atoms with van der Waals surface area (Å²) in [6.45, 7) is -0.0655. The summed E-state index contributed by atoms with van der Waals surface area (Å²) in [6.07, 6.45) is 2.12. The van der Waals surface area contributed by atoms with Crippen LogP contribution in [0.1, 0.15) is 25.7 Å². The largest absolute Gasteiger partial charge is 0.493 e. The van der Waals surface area contributed by atoms with Gasteiger partial charge >= 0.3 is 0 Å². The summed E-state index contributed by atoms with van der Waals surface area (Å²) in [5, 5.41) is 11.8. The molecule has 1 saturated carbocycles. The van der Waals surface area contributed by atoms with E-state index in [1.165, 1.54) is 32.4 Å². The number of sulfonamides is 1. The first-order valence-corrected chi connectivity index (χ1v) is 9.28. The normalized spacial score (nSPS) is 15.6. The smallest absolute Gasteiger partial charge is 0.240 e. The summed E-state index contributed by atoms with van der Waals surface area (Å²) >= 11 is 0. The highest BCUT2D eigenvalue weighted by Crippen LogP contribution is 2.31. The number of hydrogen-bond donors (Lipinski definition) is 2. The molecule has 0 atom stereocenters. The molecule has 1 aliphatic carbocycles. The van der Waals surface area contributed by atoms with Gasteiger partial charge in [-0.3, -0.25) is 4.79 Å². The number of benzene rings is 1. The van der Waals surface area contributed by atoms with Crippen LogP contribution in [0.2, 0.25) is 0 Å². The molecule has 0 bridgehead atoms. The number of carbonyl (C=O) groups is 1. The molecule has 0 aliphatic heterocycles. The Morgan fingerprint density at radius 3 is 2.48 bits per heavy atom. The van der Waals surface area contributed by atoms with Crippen LogP contribution in [0.15, 0.2) is 23.1 Å². The minimum atomic E-state index is -3.78. The molecular formula is C16H21N3O5S. The van der Waals surface area contributed by atoms with Gasteiger partial charge in [0, 0.05) is 19.0 Å². The Labute approximate surface area is 147 Å². The standard InChI is InChI=1S/C16H21N3O5S/c1-23-13-5-4-12(10-14(13)24-2)25(21,22)18-9-6-15(20)19-16(11-17)7-3-8-16/h4-5,10,18H,3,6-9H2,1-2H3,(H,19,20). The van der Waals surface area contributed by atoms with Gasteiger partial charge in [-0.1, -0.05) is 0 Å². The van der Waals surface area contributed by atoms with E-state index in [1.807, 2.05) is 0 Å². The summed E-state index contributed by atoms with van der Waals surface area (Å²) in [6, 6.07) is 6.34. The molecule has 2 rings (SSSR count). The Morgan fingerprint density at radius 1 is 1.28 bits per heavy atom. The first-order chi connectivity index (χ1) is 11.9. The van der Waals surface area contributed by atoms with Crippen LogP contribution < -0.4 is 19.5 Å². The fourth-order valence-electron chi connectivity index (χ4n) is 2.49. The zero-order valence-electron chi connectivity index (χ0n) is 14.2. The molecule has 8 nitrogen and oxygen atoms in total. The lowest BCUT2D eigenvalue weighted by Gasteiger charge is -2.35. The molecule has 0 aromatic heterocycles. The topological polar surface area (TPSA) is 118 Å². The molecule has 1 aliphatic rings. The van der Waals surface area contributed by atoms with E-state index in [2.05, 4.69) is 16.1 Å². The number of nitrogens with one attached hydrogen (secondary N) is 2. The summed E-state index contributed by atoms with van der Waals surface area (Å²) in [5.41, 5.74) is -0.778. The van der Waals surface area contributed by atoms with Gasteiger partial charge in [0.05, 0.1) is 25.2 Å². The van der Waals surface area contributed by atoms with E-state index < -0.39 is 15.6 Å². The van der Waals surface area contributed by atoms with Gasteiger partial charge in [-0.25, -0.2) is 13.1 Å². The van der Waals surface area contributed by atoms with E-state index in [1.54, 1.807) is 0 Å². The Hall–Kier alpha value is -2.31. The van der Waals surface area contributed by atoms with Crippen molar-refractivity contribution < 1.29 is 22.7 Å². The van der Waals surface area contributed by atoms with Crippen molar-refractivity contribution >= 4 is 15.9 Å². The van der Waals surface area contributed by atoms with Gasteiger partial charge in [0.15, 0.2) is 11.5 Å². The average Bonchev–Trinajstić information content (AvgIpc) is 2.57. The third-order valence-electron chi connectivity index (χ3n) is 4.11. The molecule has 0 spiro atoms. The molecule has 136 valence electrons. The van der Waals surface area contributed by atoms with Gasteiger partial charge in [-0.15, -0.1) is 0 Å². The second-order valence-electron chi connectivity index (χ2n) is 5.76. The number of nitriles is 1. The maximum Gasteiger partial charge on any atom is 0.240 e. The zero-order valence-corrected chi connectivity index (χ0v) is 15.0. The van der Waals surface area contributed by atoms with Gasteiger partial charge in [-0.05, 0) is 31.4 Å². The van der Waals surface area contributed by atoms with Crippen LogP contribution in [-0.2, 0) is 14.8 Å². The molecule has 0 radical (unpaired) electrons. The maximum atomic E-state index is 12.3. The van der Waals surface area contributed by atoms with Gasteiger partial charge in [0.1, 0.15) is 5.54 Å². The lowest BCUT2D eigenvalue weighted by Crippen LogP contribution is -2.52. The molecule has 0 heterocycles. The Kier molecular flexibility index (Phi) is 5.87. The molecule has 9 heteroatoms. The van der Waals surface area contributed by atoms with Crippen molar-refractivity contribution in [2.45, 2.75) is 36.1 Å². The molecule has 0 unspecified atom stereocenters. The van der Waals surface area contributed by atoms with Crippen molar-refractivity contribution in [1.82, 2.24) is 10.0 Å². The molecule has 1 amide bonds. The number of amides is 1. The van der Waals surface area contributed by atoms with Gasteiger partial charge in [0.2, 0.25) is 15.9 Å². The van der Waals surface area contributed by atoms with E-state index in [-0.39, 0.29) is 23.8 Å². The molecule has 0 saturated heterocycles. The highest BCUT2D eigenvalue weighted by Gasteiger charge is 2.38. The van der Waals surface area contributed by atoms with Crippen LogP contribution in [0.3, 0.4) is 0 Å². The molecule has 1 aromatic carbocycles. The lowest BCUT2D eigenvalue weighted by molar-refractivity contribution is -0.123. The van der Waals surface area contributed by atoms with Crippen molar-refractivity contribution in [2.75, 3.05) is 20.8 Å². The fourth-order valence-corrected chi connectivity index (χ4v) is 3.54. The number of carbonyl (C=O) groups excluding carboxylic acids is 1. The molecule has 25 heavy (non-hydrogen) atoms. The van der Waals surface area contributed by atoms with E-state index in [0.717, 1.165) is 6.42 Å². The van der Waals surface area contributed by atoms with Crippen molar-refractivity contribution in [3.05, 3.63) is 18.2 Å². The van der Waals surface area contributed by atoms with Gasteiger partial charge in [-0.2, -0.15) is 5.26 Å². The molecule has 1 fully saturated rings. The Bertz CT molecular complexity index is 781. The van der Waals surface area contributed by atoms with E-state index in [9.17, 15) is 13.2 Å². The maximum absolute atomic E-state index is 12.3. The average molecular weight is 367 g/mol. The van der Waals surface area contributed by atoms with Crippen LogP contribution in [0.4, 0.5) is 0 Å². The lowest BCUT2D eigenvalue weighted by atomic mass is 9.78. The second kappa shape index (κ2) is 7.72. The van der Waals surface area contributed by atoms with Crippen LogP contribution in [0, 0.1) is 11.3 Å². The quantitative estimate of drug-likeness (QED) is 0.706. The monoisotopic (exact) mass is 367 g/mol. The molecule has 2 N–H and O–H groups in total. The summed E-state index contributed by atoms with van der Waals surface area (Å²) in [4.78, 5) is 11.9. The highest BCUT2D eigenvalue weighted by atomic mass is 32.2. The van der Waals surface area contributed by atoms with Gasteiger partial charge in [0.25, 0.3) is 0 Å². The van der Waals surface area contributed by atoms with Crippen LogP contribution in [0.5, 0.6) is 11.5 Å². The van der Waals surface area contributed by atoms with Crippen LogP contribution in [0.25, 0.3) is 0 Å². The fraction of sp³-hybridized carbons (Fsp3) is 0.500. The zero-order chi connectivity index (χ0) is 18.5. The Morgan fingerprint density at radius 2 is 1.96 bits per heavy atom. The minimum absolute atomic E-state index is 0.0121. The number of rotatable bonds is 8. The number of methoxy groups -OCH3 is 2. The minimum Gasteiger partial charge on any atom is -0.493 e. The third-order valence-corrected chi connectivity index (χ3v) is 5.57. The van der Waals surface area contributed by atoms with Crippen molar-refractivity contribution in [3.8, 4) is 17.6 Å². The van der Waals surface area contributed by atoms with Crippen molar-refractivity contribution in [3.63, 3.8) is 0 Å². The molecule has 1 aromatic rings. The SMILES string of the molecule is COc1ccc(S(=O)(=O)NCCC(=O)NC2(C#N)CCC2)cc1OC. The van der Waals surface area contributed by atoms with Crippen LogP contribution in [-0.4, -0.2) is 40.6 Å². The Balaban J connectivity index is 1.93. The number of ether oxygens (including phenoxy) is 2. The summed E-state index contributed by atoms with van der Waals surface area (Å²) < 4.78 is 37.1. The predicted octanol–water partition coefficient (Wildman–Crippen LogP) is 0.935. The van der Waals surface area contributed by atoms with E-state index >= 15 is 0 Å². The predicted molar refractivity (Wildman–Crippen MR) is 89.7 cm³/mol.